The molecule has 10 nitrogen and oxygen atoms in total. The number of likely N-dealkylation sites (tertiary alicyclic amines) is 2. The number of carboxylic acid groups (broad SMARTS) is 1. The maximum Gasteiger partial charge on any atom is 0.416 e. The van der Waals surface area contributed by atoms with Gasteiger partial charge in [-0.25, -0.2) is 0 Å². The van der Waals surface area contributed by atoms with Crippen molar-refractivity contribution in [2.75, 3.05) is 71.5 Å². The molecule has 5 atom stereocenters. The Kier molecular flexibility index (Phi) is 11.8. The molecule has 1 unspecified atom stereocenters. The summed E-state index contributed by atoms with van der Waals surface area (Å²) >= 11 is 0. The van der Waals surface area contributed by atoms with Crippen LogP contribution in [-0.2, 0) is 30.0 Å². The van der Waals surface area contributed by atoms with Crippen LogP contribution in [0.5, 0.6) is 0 Å². The topological polar surface area (TPSA) is 112 Å². The van der Waals surface area contributed by atoms with E-state index in [0.29, 0.717) is 63.9 Å². The molecule has 1 aromatic rings. The third-order valence-electron chi connectivity index (χ3n) is 11.8. The molecule has 2 N–H and O–H groups in total. The van der Waals surface area contributed by atoms with Gasteiger partial charge < -0.3 is 29.7 Å². The van der Waals surface area contributed by atoms with E-state index in [9.17, 15) is 27.6 Å². The molecule has 13 heteroatoms. The van der Waals surface area contributed by atoms with E-state index < -0.39 is 30.2 Å². The van der Waals surface area contributed by atoms with E-state index in [1.165, 1.54) is 24.5 Å². The maximum atomic E-state index is 14.6. The van der Waals surface area contributed by atoms with E-state index in [0.717, 1.165) is 37.4 Å². The number of carbonyl (C=O) groups is 3. The van der Waals surface area contributed by atoms with Crippen molar-refractivity contribution >= 4 is 23.5 Å². The van der Waals surface area contributed by atoms with E-state index in [-0.39, 0.29) is 41.6 Å². The molecule has 2 aliphatic carbocycles. The highest BCUT2D eigenvalue weighted by atomic mass is 19.4. The fourth-order valence-electron chi connectivity index (χ4n) is 9.07. The summed E-state index contributed by atoms with van der Waals surface area (Å²) in [6.07, 6.45) is 8.15. The zero-order valence-electron chi connectivity index (χ0n) is 29.6. The molecule has 5 aliphatic rings. The summed E-state index contributed by atoms with van der Waals surface area (Å²) in [7, 11) is 3.31. The molecule has 0 radical (unpaired) electrons. The predicted octanol–water partition coefficient (Wildman–Crippen LogP) is 4.70. The summed E-state index contributed by atoms with van der Waals surface area (Å²) < 4.78 is 53.4. The van der Waals surface area contributed by atoms with Gasteiger partial charge in [0.2, 0.25) is 11.8 Å². The normalized spacial score (nSPS) is 28.0. The van der Waals surface area contributed by atoms with E-state index in [4.69, 9.17) is 14.6 Å². The first-order valence-corrected chi connectivity index (χ1v) is 18.3. The lowest BCUT2D eigenvalue weighted by atomic mass is 9.84. The van der Waals surface area contributed by atoms with Crippen molar-refractivity contribution in [3.63, 3.8) is 0 Å². The van der Waals surface area contributed by atoms with Crippen molar-refractivity contribution < 1.29 is 42.1 Å². The third kappa shape index (κ3) is 8.46. The maximum absolute atomic E-state index is 14.6. The largest absolute Gasteiger partial charge is 0.480 e. The van der Waals surface area contributed by atoms with E-state index >= 15 is 0 Å². The van der Waals surface area contributed by atoms with Crippen LogP contribution in [0, 0.1) is 23.7 Å². The Morgan fingerprint density at radius 1 is 0.980 bits per heavy atom. The number of carbonyl (C=O) groups excluding carboxylic acids is 2. The minimum absolute atomic E-state index is 0.0298. The molecule has 0 spiro atoms. The minimum atomic E-state index is -4.54. The molecule has 3 aliphatic heterocycles. The Morgan fingerprint density at radius 3 is 2.35 bits per heavy atom. The molecule has 51 heavy (non-hydrogen) atoms. The number of aliphatic carboxylic acids is 1. The molecule has 280 valence electrons. The Balaban J connectivity index is 1.24. The van der Waals surface area contributed by atoms with Gasteiger partial charge >= 0.3 is 12.1 Å². The van der Waals surface area contributed by atoms with Crippen LogP contribution in [0.2, 0.25) is 0 Å². The Morgan fingerprint density at radius 2 is 1.73 bits per heavy atom. The summed E-state index contributed by atoms with van der Waals surface area (Å²) in [6, 6.07) is 4.38. The van der Waals surface area contributed by atoms with Crippen LogP contribution >= 0.6 is 0 Å². The van der Waals surface area contributed by atoms with Crippen molar-refractivity contribution in [3.05, 3.63) is 53.1 Å². The Hall–Kier alpha value is -3.42. The fourth-order valence-corrected chi connectivity index (χ4v) is 9.07. The monoisotopic (exact) mass is 716 g/mol. The highest BCUT2D eigenvalue weighted by Gasteiger charge is 2.47. The first-order valence-electron chi connectivity index (χ1n) is 18.3. The first-order chi connectivity index (χ1) is 24.5. The van der Waals surface area contributed by atoms with Crippen LogP contribution in [-0.4, -0.2) is 111 Å². The van der Waals surface area contributed by atoms with E-state index in [1.54, 1.807) is 20.3 Å². The number of amides is 2. The summed E-state index contributed by atoms with van der Waals surface area (Å²) in [5, 5.41) is 11.4. The zero-order chi connectivity index (χ0) is 36.3. The number of piperidine rings is 1. The molecule has 3 heterocycles. The predicted molar refractivity (Wildman–Crippen MR) is 185 cm³/mol. The second-order valence-electron chi connectivity index (χ2n) is 14.9. The lowest BCUT2D eigenvalue weighted by molar-refractivity contribution is -0.138. The van der Waals surface area contributed by atoms with Gasteiger partial charge in [-0.15, -0.1) is 0 Å². The Labute approximate surface area is 298 Å². The van der Waals surface area contributed by atoms with Crippen molar-refractivity contribution in [3.8, 4) is 0 Å². The number of alkyl halides is 3. The molecule has 6 rings (SSSR count). The number of nitrogens with zero attached hydrogens (tertiary/aromatic N) is 3. The average Bonchev–Trinajstić information content (AvgIpc) is 3.91. The van der Waals surface area contributed by atoms with Gasteiger partial charge in [0.25, 0.3) is 0 Å². The number of methoxy groups -OCH3 is 2. The second-order valence-corrected chi connectivity index (χ2v) is 14.9. The standard InChI is InChI=1S/C38H51F3N4O6/c1-50-23-26-19-45(37(49)33-22-44(28-5-3-4-6-28)20-31(33)24-7-10-29(51-2)11-8-24)21-32(26)30-12-9-27(38(39,40)41)17-34(30)43-15-13-25(14-16-43)36(48)42-18-35(46)47/h7-10,12,17,25-26,28-29,31-33H,3-6,11,13-16,18-23H2,1-2H3,(H,42,48)(H,46,47)/t26-,29?,31+,32+,33-/m1/s1. The van der Waals surface area contributed by atoms with Crippen LogP contribution in [0.4, 0.5) is 18.9 Å². The smallest absolute Gasteiger partial charge is 0.416 e. The van der Waals surface area contributed by atoms with Gasteiger partial charge in [-0.2, -0.15) is 13.2 Å². The lowest BCUT2D eigenvalue weighted by Gasteiger charge is -2.36. The molecule has 2 amide bonds. The fraction of sp³-hybridized carbons (Fsp3) is 0.658. The van der Waals surface area contributed by atoms with Gasteiger partial charge in [0.15, 0.2) is 0 Å². The quantitative estimate of drug-likeness (QED) is 0.339. The van der Waals surface area contributed by atoms with Gasteiger partial charge in [0.05, 0.1) is 24.2 Å². The number of carboxylic acids is 1. The van der Waals surface area contributed by atoms with Gasteiger partial charge in [0.1, 0.15) is 6.54 Å². The van der Waals surface area contributed by atoms with Crippen molar-refractivity contribution in [2.45, 2.75) is 69.2 Å². The number of ether oxygens (including phenoxy) is 2. The number of allylic oxidation sites excluding steroid dienone is 1. The van der Waals surface area contributed by atoms with Gasteiger partial charge in [0, 0.05) is 88.9 Å². The number of anilines is 1. The summed E-state index contributed by atoms with van der Waals surface area (Å²) in [5.41, 5.74) is 1.64. The second kappa shape index (κ2) is 16.1. The SMILES string of the molecule is COC[C@H]1CN(C(=O)[C@@H]2CN(C3CCCC3)C[C@H]2C2=CCC(OC)C=C2)C[C@@H]1c1ccc(C(F)(F)F)cc1N1CCC(C(=O)NCC(=O)O)CC1. The number of benzene rings is 1. The summed E-state index contributed by atoms with van der Waals surface area (Å²) in [4.78, 5) is 44.5. The number of hydrogen-bond acceptors (Lipinski definition) is 7. The van der Waals surface area contributed by atoms with Crippen molar-refractivity contribution in [1.82, 2.24) is 15.1 Å². The Bertz CT molecular complexity index is 1490. The number of hydrogen-bond donors (Lipinski definition) is 2. The molecule has 4 fully saturated rings. The van der Waals surface area contributed by atoms with E-state index in [2.05, 4.69) is 28.4 Å². The minimum Gasteiger partial charge on any atom is -0.480 e. The molecule has 0 aromatic heterocycles. The first kappa shape index (κ1) is 37.3. The van der Waals surface area contributed by atoms with Crippen molar-refractivity contribution in [2.24, 2.45) is 23.7 Å². The number of rotatable bonds is 11. The molecule has 3 saturated heterocycles. The van der Waals surface area contributed by atoms with Crippen LogP contribution in [0.3, 0.4) is 0 Å². The van der Waals surface area contributed by atoms with Gasteiger partial charge in [-0.1, -0.05) is 37.1 Å². The third-order valence-corrected chi connectivity index (χ3v) is 11.8. The summed E-state index contributed by atoms with van der Waals surface area (Å²) in [5.74, 6) is -2.35. The lowest BCUT2D eigenvalue weighted by Crippen LogP contribution is -2.42. The van der Waals surface area contributed by atoms with Gasteiger partial charge in [-0.05, 0) is 55.4 Å². The molecule has 0 bridgehead atoms. The molecule has 1 saturated carbocycles. The van der Waals surface area contributed by atoms with Gasteiger partial charge in [-0.3, -0.25) is 19.3 Å². The molecular formula is C38H51F3N4O6. The van der Waals surface area contributed by atoms with Crippen LogP contribution in [0.15, 0.2) is 42.0 Å². The molecule has 1 aromatic carbocycles. The highest BCUT2D eigenvalue weighted by Crippen LogP contribution is 2.44. The number of nitrogens with one attached hydrogen (secondary N) is 1. The van der Waals surface area contributed by atoms with Crippen LogP contribution in [0.25, 0.3) is 0 Å². The van der Waals surface area contributed by atoms with Crippen molar-refractivity contribution in [1.29, 1.82) is 0 Å². The number of halogens is 3. The summed E-state index contributed by atoms with van der Waals surface area (Å²) in [6.45, 7) is 2.94. The van der Waals surface area contributed by atoms with Crippen LogP contribution in [0.1, 0.15) is 62.0 Å². The highest BCUT2D eigenvalue weighted by molar-refractivity contribution is 5.83. The molecular weight excluding hydrogens is 665 g/mol. The van der Waals surface area contributed by atoms with Crippen LogP contribution < -0.4 is 10.2 Å². The van der Waals surface area contributed by atoms with E-state index in [1.807, 2.05) is 9.80 Å². The zero-order valence-corrected chi connectivity index (χ0v) is 29.6. The average molecular weight is 717 g/mol.